The molecule has 2 aliphatic rings. The minimum absolute atomic E-state index is 0.0438. The van der Waals surface area contributed by atoms with Crippen LogP contribution in [-0.2, 0) is 0 Å². The first-order valence-electron chi connectivity index (χ1n) is 7.10. The number of nitrogens with zero attached hydrogens (tertiary/aromatic N) is 2. The van der Waals surface area contributed by atoms with Gasteiger partial charge in [-0.05, 0) is 25.3 Å². The van der Waals surface area contributed by atoms with E-state index in [4.69, 9.17) is 4.74 Å². The minimum Gasteiger partial charge on any atom is -0.494 e. The van der Waals surface area contributed by atoms with Gasteiger partial charge in [0.2, 0.25) is 0 Å². The van der Waals surface area contributed by atoms with Crippen molar-refractivity contribution in [3.8, 4) is 5.75 Å². The molecule has 0 amide bonds. The van der Waals surface area contributed by atoms with Crippen molar-refractivity contribution < 1.29 is 14.1 Å². The van der Waals surface area contributed by atoms with Gasteiger partial charge in [-0.15, -0.1) is 0 Å². The molecule has 114 valence electrons. The first kappa shape index (κ1) is 14.1. The first-order chi connectivity index (χ1) is 10.1. The highest BCUT2D eigenvalue weighted by Gasteiger charge is 2.35. The molecule has 3 rings (SSSR count). The molecule has 0 radical (unpaired) electrons. The minimum atomic E-state index is -0.703. The van der Waals surface area contributed by atoms with Crippen LogP contribution in [0, 0.1) is 21.8 Å². The van der Waals surface area contributed by atoms with Gasteiger partial charge in [-0.3, -0.25) is 10.1 Å². The van der Waals surface area contributed by atoms with Gasteiger partial charge in [0.15, 0.2) is 11.6 Å². The third kappa shape index (κ3) is 2.53. The Balaban J connectivity index is 1.94. The van der Waals surface area contributed by atoms with Gasteiger partial charge in [0.05, 0.1) is 18.1 Å². The van der Waals surface area contributed by atoms with Crippen molar-refractivity contribution in [3.05, 3.63) is 28.1 Å². The fourth-order valence-electron chi connectivity index (χ4n) is 3.35. The summed E-state index contributed by atoms with van der Waals surface area (Å²) < 4.78 is 18.7. The van der Waals surface area contributed by atoms with E-state index in [1.807, 2.05) is 4.90 Å². The first-order valence-corrected chi connectivity index (χ1v) is 7.10. The highest BCUT2D eigenvalue weighted by Crippen LogP contribution is 2.37. The normalized spacial score (nSPS) is 24.8. The summed E-state index contributed by atoms with van der Waals surface area (Å²) in [5.74, 6) is -0.165. The number of nitro benzene ring substituents is 1. The van der Waals surface area contributed by atoms with Crippen molar-refractivity contribution in [2.45, 2.75) is 18.9 Å². The average molecular weight is 295 g/mol. The molecule has 2 aliphatic heterocycles. The van der Waals surface area contributed by atoms with Crippen LogP contribution in [0.5, 0.6) is 5.75 Å². The van der Waals surface area contributed by atoms with E-state index in [1.54, 1.807) is 0 Å². The number of benzene rings is 1. The number of hydrogen-bond donors (Lipinski definition) is 1. The number of ether oxygens (including phenoxy) is 1. The Hall–Kier alpha value is -1.89. The Morgan fingerprint density at radius 2 is 2.29 bits per heavy atom. The maximum absolute atomic E-state index is 13.7. The van der Waals surface area contributed by atoms with E-state index in [2.05, 4.69) is 5.32 Å². The van der Waals surface area contributed by atoms with Gasteiger partial charge >= 0.3 is 0 Å². The molecule has 1 aromatic rings. The summed E-state index contributed by atoms with van der Waals surface area (Å²) in [5.41, 5.74) is 0.251. The van der Waals surface area contributed by atoms with Crippen LogP contribution in [0.15, 0.2) is 12.1 Å². The van der Waals surface area contributed by atoms with E-state index in [-0.39, 0.29) is 11.4 Å². The smallest absolute Gasteiger partial charge is 0.295 e. The molecule has 2 saturated heterocycles. The van der Waals surface area contributed by atoms with E-state index in [1.165, 1.54) is 13.2 Å². The van der Waals surface area contributed by atoms with Gasteiger partial charge in [-0.1, -0.05) is 0 Å². The highest BCUT2D eigenvalue weighted by atomic mass is 19.1. The Kier molecular flexibility index (Phi) is 3.67. The molecule has 1 aromatic carbocycles. The lowest BCUT2D eigenvalue weighted by atomic mass is 9.93. The van der Waals surface area contributed by atoms with E-state index in [0.29, 0.717) is 17.6 Å². The van der Waals surface area contributed by atoms with Crippen molar-refractivity contribution in [3.63, 3.8) is 0 Å². The van der Waals surface area contributed by atoms with Crippen LogP contribution in [-0.4, -0.2) is 37.7 Å². The molecule has 2 heterocycles. The predicted octanol–water partition coefficient (Wildman–Crippen LogP) is 1.93. The number of halogens is 1. The number of anilines is 1. The molecule has 0 aromatic heterocycles. The van der Waals surface area contributed by atoms with Crippen LogP contribution in [0.2, 0.25) is 0 Å². The van der Waals surface area contributed by atoms with Crippen LogP contribution < -0.4 is 15.0 Å². The topological polar surface area (TPSA) is 67.6 Å². The molecule has 6 nitrogen and oxygen atoms in total. The lowest BCUT2D eigenvalue weighted by Crippen LogP contribution is -2.44. The standard InChI is InChI=1S/C14H18FN3O3/c1-21-14-7-12(13(18(19)20)6-10(14)15)17-5-3-11-9(8-17)2-4-16-11/h6-7,9,11,16H,2-5,8H2,1H3. The summed E-state index contributed by atoms with van der Waals surface area (Å²) in [6.45, 7) is 2.48. The lowest BCUT2D eigenvalue weighted by molar-refractivity contribution is -0.384. The summed E-state index contributed by atoms with van der Waals surface area (Å²) in [7, 11) is 1.36. The van der Waals surface area contributed by atoms with Crippen molar-refractivity contribution in [2.75, 3.05) is 31.6 Å². The maximum atomic E-state index is 13.7. The molecule has 2 unspecified atom stereocenters. The molecule has 0 saturated carbocycles. The fourth-order valence-corrected chi connectivity index (χ4v) is 3.35. The average Bonchev–Trinajstić information content (AvgIpc) is 2.94. The summed E-state index contributed by atoms with van der Waals surface area (Å²) in [5, 5.41) is 14.7. The summed E-state index contributed by atoms with van der Waals surface area (Å²) in [6.07, 6.45) is 2.02. The van der Waals surface area contributed by atoms with Crippen LogP contribution >= 0.6 is 0 Å². The maximum Gasteiger partial charge on any atom is 0.295 e. The van der Waals surface area contributed by atoms with E-state index >= 15 is 0 Å². The second kappa shape index (κ2) is 5.48. The fraction of sp³-hybridized carbons (Fsp3) is 0.571. The van der Waals surface area contributed by atoms with Crippen LogP contribution in [0.4, 0.5) is 15.8 Å². The van der Waals surface area contributed by atoms with E-state index < -0.39 is 10.7 Å². The second-order valence-electron chi connectivity index (χ2n) is 5.58. The van der Waals surface area contributed by atoms with Crippen molar-refractivity contribution in [2.24, 2.45) is 5.92 Å². The van der Waals surface area contributed by atoms with Crippen molar-refractivity contribution >= 4 is 11.4 Å². The number of methoxy groups -OCH3 is 1. The third-order valence-corrected chi connectivity index (χ3v) is 4.44. The zero-order chi connectivity index (χ0) is 15.0. The summed E-state index contributed by atoms with van der Waals surface area (Å²) in [6, 6.07) is 2.89. The molecular weight excluding hydrogens is 277 g/mol. The molecule has 2 atom stereocenters. The van der Waals surface area contributed by atoms with Gasteiger partial charge < -0.3 is 15.0 Å². The van der Waals surface area contributed by atoms with Gasteiger partial charge in [0.1, 0.15) is 5.69 Å². The number of nitro groups is 1. The number of hydrogen-bond acceptors (Lipinski definition) is 5. The monoisotopic (exact) mass is 295 g/mol. The second-order valence-corrected chi connectivity index (χ2v) is 5.58. The molecule has 7 heteroatoms. The third-order valence-electron chi connectivity index (χ3n) is 4.44. The predicted molar refractivity (Wildman–Crippen MR) is 76.3 cm³/mol. The quantitative estimate of drug-likeness (QED) is 0.681. The van der Waals surface area contributed by atoms with Crippen LogP contribution in [0.1, 0.15) is 12.8 Å². The van der Waals surface area contributed by atoms with Crippen LogP contribution in [0.3, 0.4) is 0 Å². The number of fused-ring (bicyclic) bond motifs is 1. The van der Waals surface area contributed by atoms with Gasteiger partial charge in [-0.2, -0.15) is 0 Å². The Morgan fingerprint density at radius 1 is 1.48 bits per heavy atom. The van der Waals surface area contributed by atoms with Crippen molar-refractivity contribution in [1.82, 2.24) is 5.32 Å². The van der Waals surface area contributed by atoms with Gasteiger partial charge in [0.25, 0.3) is 5.69 Å². The Morgan fingerprint density at radius 3 is 3.00 bits per heavy atom. The molecule has 0 aliphatic carbocycles. The van der Waals surface area contributed by atoms with Gasteiger partial charge in [0, 0.05) is 25.2 Å². The highest BCUT2D eigenvalue weighted by molar-refractivity contribution is 5.66. The Bertz CT molecular complexity index is 567. The van der Waals surface area contributed by atoms with Crippen molar-refractivity contribution in [1.29, 1.82) is 0 Å². The molecule has 0 spiro atoms. The largest absolute Gasteiger partial charge is 0.494 e. The number of piperidine rings is 1. The van der Waals surface area contributed by atoms with Gasteiger partial charge in [-0.25, -0.2) is 4.39 Å². The van der Waals surface area contributed by atoms with Crippen LogP contribution in [0.25, 0.3) is 0 Å². The number of rotatable bonds is 3. The summed E-state index contributed by atoms with van der Waals surface area (Å²) >= 11 is 0. The van der Waals surface area contributed by atoms with E-state index in [0.717, 1.165) is 38.5 Å². The van der Waals surface area contributed by atoms with E-state index in [9.17, 15) is 14.5 Å². The number of nitrogens with one attached hydrogen (secondary N) is 1. The zero-order valence-corrected chi connectivity index (χ0v) is 11.8. The lowest BCUT2D eigenvalue weighted by Gasteiger charge is -2.36. The molecule has 1 N–H and O–H groups in total. The zero-order valence-electron chi connectivity index (χ0n) is 11.8. The molecule has 21 heavy (non-hydrogen) atoms. The molecule has 2 fully saturated rings. The molecule has 0 bridgehead atoms. The molecular formula is C14H18FN3O3. The SMILES string of the molecule is COc1cc(N2CCC3NCCC3C2)c([N+](=O)[O-])cc1F. The Labute approximate surface area is 122 Å². The summed E-state index contributed by atoms with van der Waals surface area (Å²) in [4.78, 5) is 12.7.